The zero-order valence-corrected chi connectivity index (χ0v) is 12.8. The van der Waals surface area contributed by atoms with Crippen LogP contribution in [0.3, 0.4) is 0 Å². The first-order valence-corrected chi connectivity index (χ1v) is 7.93. The molecule has 3 rings (SSSR count). The maximum Gasteiger partial charge on any atom is 0.227 e. The lowest BCUT2D eigenvalue weighted by molar-refractivity contribution is -0.128. The molecule has 1 saturated carbocycles. The molecule has 3 N–H and O–H groups in total. The standard InChI is InChI=1S/C16H21ClN2O2/c17-13-3-4-14-11(8-13)7-12(9-21-14)15(20)19-16(10-18)5-1-2-6-16/h3-4,8,12H,1-2,5-7,9-10,18H2,(H,19,20). The highest BCUT2D eigenvalue weighted by atomic mass is 35.5. The summed E-state index contributed by atoms with van der Waals surface area (Å²) in [4.78, 5) is 12.5. The molecule has 1 aromatic rings. The van der Waals surface area contributed by atoms with Crippen molar-refractivity contribution in [2.24, 2.45) is 11.7 Å². The largest absolute Gasteiger partial charge is 0.492 e. The molecule has 1 atom stereocenters. The van der Waals surface area contributed by atoms with E-state index in [1.807, 2.05) is 18.2 Å². The molecule has 0 spiro atoms. The number of fused-ring (bicyclic) bond motifs is 1. The summed E-state index contributed by atoms with van der Waals surface area (Å²) in [6, 6.07) is 5.55. The predicted molar refractivity (Wildman–Crippen MR) is 82.5 cm³/mol. The zero-order chi connectivity index (χ0) is 14.9. The van der Waals surface area contributed by atoms with Crippen LogP contribution in [0, 0.1) is 5.92 Å². The van der Waals surface area contributed by atoms with Crippen molar-refractivity contribution < 1.29 is 9.53 Å². The molecule has 1 aliphatic heterocycles. The zero-order valence-electron chi connectivity index (χ0n) is 12.0. The monoisotopic (exact) mass is 308 g/mol. The highest BCUT2D eigenvalue weighted by Gasteiger charge is 2.36. The summed E-state index contributed by atoms with van der Waals surface area (Å²) in [6.45, 7) is 0.926. The fourth-order valence-corrected chi connectivity index (χ4v) is 3.52. The molecule has 0 radical (unpaired) electrons. The minimum atomic E-state index is -0.203. The van der Waals surface area contributed by atoms with Crippen LogP contribution in [-0.4, -0.2) is 24.6 Å². The Morgan fingerprint density at radius 3 is 2.90 bits per heavy atom. The van der Waals surface area contributed by atoms with E-state index in [-0.39, 0.29) is 17.4 Å². The summed E-state index contributed by atoms with van der Waals surface area (Å²) in [5.74, 6) is 0.714. The third-order valence-corrected chi connectivity index (χ3v) is 4.87. The average molecular weight is 309 g/mol. The Morgan fingerprint density at radius 1 is 1.43 bits per heavy atom. The van der Waals surface area contributed by atoms with Gasteiger partial charge in [0, 0.05) is 11.6 Å². The molecule has 0 aromatic heterocycles. The van der Waals surface area contributed by atoms with E-state index in [0.717, 1.165) is 37.0 Å². The number of amides is 1. The molecule has 4 nitrogen and oxygen atoms in total. The van der Waals surface area contributed by atoms with Crippen LogP contribution in [0.4, 0.5) is 0 Å². The summed E-state index contributed by atoms with van der Waals surface area (Å²) in [6.07, 6.45) is 4.90. The Hall–Kier alpha value is -1.26. The Morgan fingerprint density at radius 2 is 2.19 bits per heavy atom. The Kier molecular flexibility index (Phi) is 4.09. The van der Waals surface area contributed by atoms with Crippen molar-refractivity contribution in [2.45, 2.75) is 37.6 Å². The van der Waals surface area contributed by atoms with E-state index in [4.69, 9.17) is 22.1 Å². The van der Waals surface area contributed by atoms with E-state index in [0.29, 0.717) is 24.6 Å². The molecule has 0 bridgehead atoms. The average Bonchev–Trinajstić information content (AvgIpc) is 2.95. The quantitative estimate of drug-likeness (QED) is 0.900. The smallest absolute Gasteiger partial charge is 0.227 e. The number of ether oxygens (including phenoxy) is 1. The number of benzene rings is 1. The molecule has 114 valence electrons. The van der Waals surface area contributed by atoms with Gasteiger partial charge in [0.15, 0.2) is 0 Å². The number of carbonyl (C=O) groups excluding carboxylic acids is 1. The van der Waals surface area contributed by atoms with Crippen LogP contribution in [0.2, 0.25) is 5.02 Å². The van der Waals surface area contributed by atoms with Crippen molar-refractivity contribution in [3.8, 4) is 5.75 Å². The van der Waals surface area contributed by atoms with Gasteiger partial charge in [0.1, 0.15) is 12.4 Å². The normalized spacial score (nSPS) is 23.2. The van der Waals surface area contributed by atoms with E-state index in [9.17, 15) is 4.79 Å². The van der Waals surface area contributed by atoms with Crippen molar-refractivity contribution in [2.75, 3.05) is 13.2 Å². The van der Waals surface area contributed by atoms with Crippen LogP contribution < -0.4 is 15.8 Å². The van der Waals surface area contributed by atoms with Crippen molar-refractivity contribution in [3.05, 3.63) is 28.8 Å². The predicted octanol–water partition coefficient (Wildman–Crippen LogP) is 2.28. The number of nitrogens with one attached hydrogen (secondary N) is 1. The lowest BCUT2D eigenvalue weighted by atomic mass is 9.92. The molecule has 1 amide bonds. The number of hydrogen-bond acceptors (Lipinski definition) is 3. The number of halogens is 1. The second-order valence-corrected chi connectivity index (χ2v) is 6.58. The van der Waals surface area contributed by atoms with Gasteiger partial charge in [-0.05, 0) is 43.0 Å². The van der Waals surface area contributed by atoms with Gasteiger partial charge in [-0.2, -0.15) is 0 Å². The molecule has 1 fully saturated rings. The Labute approximate surface area is 130 Å². The van der Waals surface area contributed by atoms with Gasteiger partial charge in [0.25, 0.3) is 0 Å². The van der Waals surface area contributed by atoms with Gasteiger partial charge in [0.2, 0.25) is 5.91 Å². The first kappa shape index (κ1) is 14.7. The van der Waals surface area contributed by atoms with Crippen LogP contribution in [0.1, 0.15) is 31.2 Å². The number of rotatable bonds is 3. The molecule has 0 saturated heterocycles. The number of hydrogen-bond donors (Lipinski definition) is 2. The van der Waals surface area contributed by atoms with Crippen LogP contribution in [-0.2, 0) is 11.2 Å². The molecular weight excluding hydrogens is 288 g/mol. The summed E-state index contributed by atoms with van der Waals surface area (Å²) in [5, 5.41) is 3.85. The van der Waals surface area contributed by atoms with Gasteiger partial charge >= 0.3 is 0 Å². The van der Waals surface area contributed by atoms with Crippen molar-refractivity contribution >= 4 is 17.5 Å². The minimum Gasteiger partial charge on any atom is -0.492 e. The van der Waals surface area contributed by atoms with Crippen molar-refractivity contribution in [3.63, 3.8) is 0 Å². The van der Waals surface area contributed by atoms with Crippen LogP contribution in [0.15, 0.2) is 18.2 Å². The number of nitrogens with two attached hydrogens (primary N) is 1. The lowest BCUT2D eigenvalue weighted by Gasteiger charge is -2.32. The second-order valence-electron chi connectivity index (χ2n) is 6.14. The number of carbonyl (C=O) groups is 1. The summed E-state index contributed by atoms with van der Waals surface area (Å²) in [5.41, 5.74) is 6.68. The second kappa shape index (κ2) is 5.85. The van der Waals surface area contributed by atoms with Gasteiger partial charge in [-0.15, -0.1) is 0 Å². The highest BCUT2D eigenvalue weighted by Crippen LogP contribution is 2.32. The van der Waals surface area contributed by atoms with E-state index in [1.165, 1.54) is 0 Å². The van der Waals surface area contributed by atoms with Crippen LogP contribution >= 0.6 is 11.6 Å². The molecule has 2 aliphatic rings. The maximum absolute atomic E-state index is 12.5. The minimum absolute atomic E-state index is 0.0491. The molecule has 1 unspecified atom stereocenters. The molecule has 1 heterocycles. The summed E-state index contributed by atoms with van der Waals surface area (Å²) >= 11 is 6.01. The van der Waals surface area contributed by atoms with Crippen molar-refractivity contribution in [1.82, 2.24) is 5.32 Å². The highest BCUT2D eigenvalue weighted by molar-refractivity contribution is 6.30. The fourth-order valence-electron chi connectivity index (χ4n) is 3.33. The third-order valence-electron chi connectivity index (χ3n) is 4.64. The third kappa shape index (κ3) is 3.01. The van der Waals surface area contributed by atoms with Gasteiger partial charge in [-0.3, -0.25) is 4.79 Å². The van der Waals surface area contributed by atoms with Gasteiger partial charge in [-0.1, -0.05) is 24.4 Å². The van der Waals surface area contributed by atoms with Crippen molar-refractivity contribution in [1.29, 1.82) is 0 Å². The van der Waals surface area contributed by atoms with E-state index < -0.39 is 0 Å². The molecule has 1 aliphatic carbocycles. The lowest BCUT2D eigenvalue weighted by Crippen LogP contribution is -2.54. The fraction of sp³-hybridized carbons (Fsp3) is 0.562. The Bertz CT molecular complexity index is 541. The van der Waals surface area contributed by atoms with Crippen LogP contribution in [0.25, 0.3) is 0 Å². The molecule has 5 heteroatoms. The molecule has 1 aromatic carbocycles. The maximum atomic E-state index is 12.5. The Balaban J connectivity index is 1.69. The topological polar surface area (TPSA) is 64.3 Å². The first-order chi connectivity index (χ1) is 10.1. The van der Waals surface area contributed by atoms with Gasteiger partial charge in [0.05, 0.1) is 11.5 Å². The first-order valence-electron chi connectivity index (χ1n) is 7.55. The summed E-state index contributed by atoms with van der Waals surface area (Å²) < 4.78 is 5.69. The van der Waals surface area contributed by atoms with E-state index in [2.05, 4.69) is 5.32 Å². The SMILES string of the molecule is NCC1(NC(=O)C2COc3ccc(Cl)cc3C2)CCCC1. The summed E-state index contributed by atoms with van der Waals surface area (Å²) in [7, 11) is 0. The van der Waals surface area contributed by atoms with Crippen LogP contribution in [0.5, 0.6) is 5.75 Å². The molecular formula is C16H21ClN2O2. The van der Waals surface area contributed by atoms with Gasteiger partial charge < -0.3 is 15.8 Å². The van der Waals surface area contributed by atoms with E-state index >= 15 is 0 Å². The van der Waals surface area contributed by atoms with Gasteiger partial charge in [-0.25, -0.2) is 0 Å². The van der Waals surface area contributed by atoms with E-state index in [1.54, 1.807) is 0 Å². The molecule has 21 heavy (non-hydrogen) atoms.